The Morgan fingerprint density at radius 1 is 1.78 bits per heavy atom. The van der Waals surface area contributed by atoms with Gasteiger partial charge in [0.15, 0.2) is 0 Å². The standard InChI is InChI=1S/C6H9N3/c7-5-3-6-1-2-8-9(6)4-5/h1-2,5H,3-4,7H2. The first-order valence-corrected chi connectivity index (χ1v) is 3.12. The molecule has 0 saturated heterocycles. The summed E-state index contributed by atoms with van der Waals surface area (Å²) in [4.78, 5) is 0. The van der Waals surface area contributed by atoms with Gasteiger partial charge in [-0.1, -0.05) is 0 Å². The molecule has 0 bridgehead atoms. The highest BCUT2D eigenvalue weighted by Gasteiger charge is 2.16. The van der Waals surface area contributed by atoms with Gasteiger partial charge >= 0.3 is 0 Å². The molecule has 1 unspecified atom stereocenters. The van der Waals surface area contributed by atoms with E-state index in [-0.39, 0.29) is 0 Å². The second-order valence-electron chi connectivity index (χ2n) is 2.47. The van der Waals surface area contributed by atoms with Crippen molar-refractivity contribution < 1.29 is 0 Å². The minimum absolute atomic E-state index is 0.300. The largest absolute Gasteiger partial charge is 0.326 e. The van der Waals surface area contributed by atoms with Crippen LogP contribution in [0.4, 0.5) is 0 Å². The van der Waals surface area contributed by atoms with Gasteiger partial charge < -0.3 is 5.73 Å². The monoisotopic (exact) mass is 123 g/mol. The SMILES string of the molecule is NC1Cc2ccnn2C1. The van der Waals surface area contributed by atoms with Crippen molar-refractivity contribution in [3.8, 4) is 0 Å². The van der Waals surface area contributed by atoms with E-state index in [0.717, 1.165) is 13.0 Å². The summed E-state index contributed by atoms with van der Waals surface area (Å²) >= 11 is 0. The Hall–Kier alpha value is -0.830. The van der Waals surface area contributed by atoms with Crippen LogP contribution < -0.4 is 5.73 Å². The molecule has 48 valence electrons. The molecule has 0 aliphatic carbocycles. The first-order chi connectivity index (χ1) is 4.36. The number of fused-ring (bicyclic) bond motifs is 1. The molecule has 1 aromatic heterocycles. The molecule has 0 aromatic carbocycles. The molecule has 1 aliphatic rings. The minimum atomic E-state index is 0.300. The summed E-state index contributed by atoms with van der Waals surface area (Å²) in [6, 6.07) is 2.32. The van der Waals surface area contributed by atoms with Crippen LogP contribution in [0.1, 0.15) is 5.69 Å². The Labute approximate surface area is 53.5 Å². The van der Waals surface area contributed by atoms with Crippen LogP contribution in [0.3, 0.4) is 0 Å². The minimum Gasteiger partial charge on any atom is -0.326 e. The second-order valence-corrected chi connectivity index (χ2v) is 2.47. The fraction of sp³-hybridized carbons (Fsp3) is 0.500. The Morgan fingerprint density at radius 3 is 3.44 bits per heavy atom. The van der Waals surface area contributed by atoms with E-state index in [9.17, 15) is 0 Å². The molecule has 1 aliphatic heterocycles. The topological polar surface area (TPSA) is 43.8 Å². The first kappa shape index (κ1) is 4.99. The smallest absolute Gasteiger partial charge is 0.0567 e. The fourth-order valence-corrected chi connectivity index (χ4v) is 1.25. The van der Waals surface area contributed by atoms with Crippen LogP contribution in [-0.2, 0) is 13.0 Å². The van der Waals surface area contributed by atoms with E-state index in [1.807, 2.05) is 16.9 Å². The van der Waals surface area contributed by atoms with Crippen LogP contribution >= 0.6 is 0 Å². The normalized spacial score (nSPS) is 24.3. The highest BCUT2D eigenvalue weighted by Crippen LogP contribution is 2.10. The molecule has 3 nitrogen and oxygen atoms in total. The van der Waals surface area contributed by atoms with Gasteiger partial charge in [0.2, 0.25) is 0 Å². The molecule has 2 N–H and O–H groups in total. The maximum Gasteiger partial charge on any atom is 0.0567 e. The van der Waals surface area contributed by atoms with Crippen molar-refractivity contribution in [1.82, 2.24) is 9.78 Å². The summed E-state index contributed by atoms with van der Waals surface area (Å²) in [6.45, 7) is 0.891. The summed E-state index contributed by atoms with van der Waals surface area (Å²) in [5.74, 6) is 0. The van der Waals surface area contributed by atoms with E-state index >= 15 is 0 Å². The van der Waals surface area contributed by atoms with Crippen LogP contribution in [-0.4, -0.2) is 15.8 Å². The number of aromatic nitrogens is 2. The van der Waals surface area contributed by atoms with Gasteiger partial charge in [-0.25, -0.2) is 0 Å². The van der Waals surface area contributed by atoms with E-state index in [0.29, 0.717) is 6.04 Å². The summed E-state index contributed by atoms with van der Waals surface area (Å²) in [6.07, 6.45) is 2.81. The highest BCUT2D eigenvalue weighted by atomic mass is 15.3. The molecule has 0 spiro atoms. The number of hydrogen-bond acceptors (Lipinski definition) is 2. The molecule has 1 aromatic rings. The number of hydrogen-bond donors (Lipinski definition) is 1. The maximum absolute atomic E-state index is 5.67. The van der Waals surface area contributed by atoms with Crippen molar-refractivity contribution >= 4 is 0 Å². The zero-order valence-electron chi connectivity index (χ0n) is 5.12. The first-order valence-electron chi connectivity index (χ1n) is 3.12. The van der Waals surface area contributed by atoms with Crippen molar-refractivity contribution in [2.24, 2.45) is 5.73 Å². The lowest BCUT2D eigenvalue weighted by Gasteiger charge is -1.95. The second kappa shape index (κ2) is 1.57. The molecule has 0 radical (unpaired) electrons. The highest BCUT2D eigenvalue weighted by molar-refractivity contribution is 5.07. The number of nitrogens with two attached hydrogens (primary N) is 1. The Balaban J connectivity index is 2.39. The molecule has 0 fully saturated rings. The average Bonchev–Trinajstić information content (AvgIpc) is 2.22. The van der Waals surface area contributed by atoms with Crippen LogP contribution in [0, 0.1) is 0 Å². The predicted molar refractivity (Wildman–Crippen MR) is 33.9 cm³/mol. The third-order valence-corrected chi connectivity index (χ3v) is 1.68. The molecule has 2 heterocycles. The van der Waals surface area contributed by atoms with Gasteiger partial charge in [-0.05, 0) is 6.07 Å². The molecular weight excluding hydrogens is 114 g/mol. The molecule has 9 heavy (non-hydrogen) atoms. The predicted octanol–water partition coefficient (Wildman–Crippen LogP) is -0.234. The summed E-state index contributed by atoms with van der Waals surface area (Å²) in [5, 5.41) is 4.08. The van der Waals surface area contributed by atoms with Crippen LogP contribution in [0.15, 0.2) is 12.3 Å². The zero-order valence-corrected chi connectivity index (χ0v) is 5.12. The van der Waals surface area contributed by atoms with Gasteiger partial charge in [-0.15, -0.1) is 0 Å². The molecule has 1 atom stereocenters. The van der Waals surface area contributed by atoms with Gasteiger partial charge in [0.05, 0.1) is 6.54 Å². The number of rotatable bonds is 0. The van der Waals surface area contributed by atoms with Crippen molar-refractivity contribution in [3.63, 3.8) is 0 Å². The Kier molecular flexibility index (Phi) is 0.873. The van der Waals surface area contributed by atoms with Gasteiger partial charge in [-0.2, -0.15) is 5.10 Å². The van der Waals surface area contributed by atoms with Crippen LogP contribution in [0.5, 0.6) is 0 Å². The molecule has 0 amide bonds. The van der Waals surface area contributed by atoms with Crippen molar-refractivity contribution in [2.75, 3.05) is 0 Å². The lowest BCUT2D eigenvalue weighted by molar-refractivity contribution is 0.590. The van der Waals surface area contributed by atoms with E-state index in [1.54, 1.807) is 0 Å². The third kappa shape index (κ3) is 0.650. The van der Waals surface area contributed by atoms with E-state index in [1.165, 1.54) is 5.69 Å². The van der Waals surface area contributed by atoms with Gasteiger partial charge in [-0.3, -0.25) is 4.68 Å². The molecule has 2 rings (SSSR count). The summed E-state index contributed by atoms with van der Waals surface area (Å²) in [5.41, 5.74) is 6.93. The lowest BCUT2D eigenvalue weighted by atomic mass is 10.2. The molecule has 3 heteroatoms. The van der Waals surface area contributed by atoms with Crippen molar-refractivity contribution in [1.29, 1.82) is 0 Å². The van der Waals surface area contributed by atoms with E-state index in [2.05, 4.69) is 5.10 Å². The van der Waals surface area contributed by atoms with Crippen molar-refractivity contribution in [3.05, 3.63) is 18.0 Å². The van der Waals surface area contributed by atoms with E-state index < -0.39 is 0 Å². The third-order valence-electron chi connectivity index (χ3n) is 1.68. The molecular formula is C6H9N3. The molecule has 0 saturated carbocycles. The van der Waals surface area contributed by atoms with Gasteiger partial charge in [0.1, 0.15) is 0 Å². The zero-order chi connectivity index (χ0) is 6.27. The Bertz CT molecular complexity index is 195. The lowest BCUT2D eigenvalue weighted by Crippen LogP contribution is -2.20. The summed E-state index contributed by atoms with van der Waals surface area (Å²) in [7, 11) is 0. The van der Waals surface area contributed by atoms with Gasteiger partial charge in [0.25, 0.3) is 0 Å². The number of nitrogens with zero attached hydrogens (tertiary/aromatic N) is 2. The summed E-state index contributed by atoms with van der Waals surface area (Å²) < 4.78 is 1.96. The Morgan fingerprint density at radius 2 is 2.67 bits per heavy atom. The van der Waals surface area contributed by atoms with Crippen LogP contribution in [0.2, 0.25) is 0 Å². The van der Waals surface area contributed by atoms with Gasteiger partial charge in [0, 0.05) is 24.4 Å². The average molecular weight is 123 g/mol. The van der Waals surface area contributed by atoms with E-state index in [4.69, 9.17) is 5.73 Å². The fourth-order valence-electron chi connectivity index (χ4n) is 1.25. The van der Waals surface area contributed by atoms with Crippen LogP contribution in [0.25, 0.3) is 0 Å². The van der Waals surface area contributed by atoms with Crippen molar-refractivity contribution in [2.45, 2.75) is 19.0 Å². The quantitative estimate of drug-likeness (QED) is 0.517. The maximum atomic E-state index is 5.67.